The Morgan fingerprint density at radius 2 is 2.10 bits per heavy atom. The van der Waals surface area contributed by atoms with E-state index in [4.69, 9.17) is 4.74 Å². The van der Waals surface area contributed by atoms with Gasteiger partial charge in [0.05, 0.1) is 18.9 Å². The van der Waals surface area contributed by atoms with Crippen molar-refractivity contribution in [3.05, 3.63) is 53.3 Å². The van der Waals surface area contributed by atoms with Crippen LogP contribution in [0, 0.1) is 25.7 Å². The minimum absolute atomic E-state index is 0.470. The Bertz CT molecular complexity index is 786. The van der Waals surface area contributed by atoms with Gasteiger partial charge in [-0.2, -0.15) is 5.10 Å². The van der Waals surface area contributed by atoms with Crippen molar-refractivity contribution >= 4 is 5.96 Å². The summed E-state index contributed by atoms with van der Waals surface area (Å²) in [6, 6.07) is 12.5. The van der Waals surface area contributed by atoms with Gasteiger partial charge >= 0.3 is 0 Å². The number of guanidine groups is 1. The van der Waals surface area contributed by atoms with Crippen LogP contribution in [0.1, 0.15) is 30.3 Å². The molecular formula is C23H35N5O. The summed E-state index contributed by atoms with van der Waals surface area (Å²) in [6.07, 6.45) is 1.15. The Balaban J connectivity index is 1.39. The van der Waals surface area contributed by atoms with Crippen LogP contribution in [-0.2, 0) is 17.9 Å². The molecule has 0 amide bonds. The number of aryl methyl sites for hydroxylation is 2. The van der Waals surface area contributed by atoms with Crippen molar-refractivity contribution in [1.29, 1.82) is 0 Å². The number of benzene rings is 1. The molecule has 1 N–H and O–H groups in total. The summed E-state index contributed by atoms with van der Waals surface area (Å²) in [4.78, 5) is 6.85. The van der Waals surface area contributed by atoms with Gasteiger partial charge in [-0.15, -0.1) is 0 Å². The van der Waals surface area contributed by atoms with Crippen LogP contribution in [0.25, 0.3) is 0 Å². The number of hydrogen-bond donors (Lipinski definition) is 1. The summed E-state index contributed by atoms with van der Waals surface area (Å²) in [6.45, 7) is 11.7. The van der Waals surface area contributed by atoms with Crippen LogP contribution < -0.4 is 5.32 Å². The fourth-order valence-corrected chi connectivity index (χ4v) is 3.90. The molecule has 1 fully saturated rings. The molecule has 0 aliphatic carbocycles. The second kappa shape index (κ2) is 10.4. The molecule has 6 heteroatoms. The summed E-state index contributed by atoms with van der Waals surface area (Å²) in [5.74, 6) is 2.03. The zero-order valence-corrected chi connectivity index (χ0v) is 18.3. The van der Waals surface area contributed by atoms with Crippen LogP contribution >= 0.6 is 0 Å². The van der Waals surface area contributed by atoms with Crippen LogP contribution in [-0.4, -0.2) is 53.9 Å². The topological polar surface area (TPSA) is 54.7 Å². The second-order valence-electron chi connectivity index (χ2n) is 8.24. The molecule has 0 spiro atoms. The Hall–Kier alpha value is -2.34. The summed E-state index contributed by atoms with van der Waals surface area (Å²) < 4.78 is 8.04. The van der Waals surface area contributed by atoms with E-state index in [1.54, 1.807) is 0 Å². The van der Waals surface area contributed by atoms with E-state index in [0.717, 1.165) is 50.9 Å². The first-order valence-corrected chi connectivity index (χ1v) is 10.6. The summed E-state index contributed by atoms with van der Waals surface area (Å²) in [5.41, 5.74) is 3.53. The lowest BCUT2D eigenvalue weighted by molar-refractivity contribution is 0.0906. The molecule has 2 atom stereocenters. The van der Waals surface area contributed by atoms with Crippen LogP contribution in [0.15, 0.2) is 41.4 Å². The van der Waals surface area contributed by atoms with Crippen molar-refractivity contribution in [2.45, 2.75) is 40.3 Å². The van der Waals surface area contributed by atoms with Gasteiger partial charge in [-0.05, 0) is 37.8 Å². The van der Waals surface area contributed by atoms with E-state index >= 15 is 0 Å². The van der Waals surface area contributed by atoms with Gasteiger partial charge < -0.3 is 15.0 Å². The largest absolute Gasteiger partial charge is 0.376 e. The smallest absolute Gasteiger partial charge is 0.193 e. The molecule has 6 nitrogen and oxygen atoms in total. The molecule has 1 aliphatic rings. The highest BCUT2D eigenvalue weighted by atomic mass is 16.5. The molecule has 1 aromatic heterocycles. The van der Waals surface area contributed by atoms with Crippen molar-refractivity contribution < 1.29 is 4.74 Å². The fourth-order valence-electron chi connectivity index (χ4n) is 3.90. The fraction of sp³-hybridized carbons (Fsp3) is 0.565. The zero-order valence-electron chi connectivity index (χ0n) is 18.3. The molecule has 158 valence electrons. The first-order chi connectivity index (χ1) is 14.0. The Kier molecular flexibility index (Phi) is 7.69. The average molecular weight is 398 g/mol. The lowest BCUT2D eigenvalue weighted by Gasteiger charge is -2.23. The van der Waals surface area contributed by atoms with Gasteiger partial charge in [0.25, 0.3) is 0 Å². The van der Waals surface area contributed by atoms with E-state index in [-0.39, 0.29) is 0 Å². The van der Waals surface area contributed by atoms with E-state index < -0.39 is 0 Å². The number of ether oxygens (including phenoxy) is 1. The molecule has 2 aromatic rings. The third-order valence-electron chi connectivity index (χ3n) is 5.46. The molecule has 2 unspecified atom stereocenters. The molecule has 29 heavy (non-hydrogen) atoms. The lowest BCUT2D eigenvalue weighted by atomic mass is 10.1. The van der Waals surface area contributed by atoms with Crippen LogP contribution in [0.5, 0.6) is 0 Å². The highest BCUT2D eigenvalue weighted by Crippen LogP contribution is 2.17. The molecule has 1 aliphatic heterocycles. The van der Waals surface area contributed by atoms with Crippen molar-refractivity contribution in [3.8, 4) is 0 Å². The number of nitrogens with one attached hydrogen (secondary N) is 1. The number of aromatic nitrogens is 2. The predicted molar refractivity (Wildman–Crippen MR) is 118 cm³/mol. The first-order valence-electron chi connectivity index (χ1n) is 10.6. The number of nitrogens with zero attached hydrogens (tertiary/aromatic N) is 4. The molecular weight excluding hydrogens is 362 g/mol. The number of aliphatic imine (C=N–C) groups is 1. The molecule has 1 saturated heterocycles. The SMILES string of the molecule is CN=C(NCC(C)Cn1nc(C)cc1C)N1CCC(COCc2ccccc2)C1. The molecule has 0 saturated carbocycles. The van der Waals surface area contributed by atoms with Crippen LogP contribution in [0.4, 0.5) is 0 Å². The van der Waals surface area contributed by atoms with Crippen molar-refractivity contribution in [3.63, 3.8) is 0 Å². The minimum Gasteiger partial charge on any atom is -0.376 e. The third kappa shape index (κ3) is 6.32. The van der Waals surface area contributed by atoms with E-state index in [1.807, 2.05) is 20.0 Å². The van der Waals surface area contributed by atoms with Gasteiger partial charge in [0, 0.05) is 44.8 Å². The van der Waals surface area contributed by atoms with Gasteiger partial charge in [-0.1, -0.05) is 37.3 Å². The number of likely N-dealkylation sites (tertiary alicyclic amines) is 1. The predicted octanol–water partition coefficient (Wildman–Crippen LogP) is 3.25. The number of rotatable bonds is 8. The van der Waals surface area contributed by atoms with Gasteiger partial charge in [0.1, 0.15) is 0 Å². The Morgan fingerprint density at radius 3 is 2.79 bits per heavy atom. The standard InChI is InChI=1S/C23H35N5O/c1-18(14-28-20(3)12-19(2)26-28)13-25-23(24-4)27-11-10-22(15-27)17-29-16-21-8-6-5-7-9-21/h5-9,12,18,22H,10-11,13-17H2,1-4H3,(H,24,25). The van der Waals surface area contributed by atoms with Crippen LogP contribution in [0.2, 0.25) is 0 Å². The van der Waals surface area contributed by atoms with E-state index in [2.05, 4.69) is 69.2 Å². The monoisotopic (exact) mass is 397 g/mol. The van der Waals surface area contributed by atoms with Gasteiger partial charge in [0.15, 0.2) is 5.96 Å². The highest BCUT2D eigenvalue weighted by Gasteiger charge is 2.25. The van der Waals surface area contributed by atoms with Gasteiger partial charge in [-0.25, -0.2) is 0 Å². The Morgan fingerprint density at radius 1 is 1.31 bits per heavy atom. The molecule has 1 aromatic carbocycles. The minimum atomic E-state index is 0.470. The molecule has 2 heterocycles. The molecule has 3 rings (SSSR count). The summed E-state index contributed by atoms with van der Waals surface area (Å²) in [5, 5.41) is 8.12. The average Bonchev–Trinajstić information content (AvgIpc) is 3.29. The number of hydrogen-bond acceptors (Lipinski definition) is 3. The van der Waals surface area contributed by atoms with Crippen molar-refractivity contribution in [2.24, 2.45) is 16.8 Å². The van der Waals surface area contributed by atoms with Gasteiger partial charge in [-0.3, -0.25) is 9.67 Å². The van der Waals surface area contributed by atoms with Gasteiger partial charge in [0.2, 0.25) is 0 Å². The summed E-state index contributed by atoms with van der Waals surface area (Å²) >= 11 is 0. The second-order valence-corrected chi connectivity index (χ2v) is 8.24. The van der Waals surface area contributed by atoms with Crippen LogP contribution in [0.3, 0.4) is 0 Å². The first kappa shape index (κ1) is 21.4. The normalized spacial score (nSPS) is 18.3. The van der Waals surface area contributed by atoms with E-state index in [0.29, 0.717) is 18.4 Å². The van der Waals surface area contributed by atoms with E-state index in [9.17, 15) is 0 Å². The quantitative estimate of drug-likeness (QED) is 0.549. The Labute approximate surface area is 175 Å². The third-order valence-corrected chi connectivity index (χ3v) is 5.46. The highest BCUT2D eigenvalue weighted by molar-refractivity contribution is 5.80. The van der Waals surface area contributed by atoms with Crippen molar-refractivity contribution in [2.75, 3.05) is 33.3 Å². The zero-order chi connectivity index (χ0) is 20.6. The maximum absolute atomic E-state index is 5.95. The van der Waals surface area contributed by atoms with Crippen molar-refractivity contribution in [1.82, 2.24) is 20.0 Å². The van der Waals surface area contributed by atoms with E-state index in [1.165, 1.54) is 11.3 Å². The maximum atomic E-state index is 5.95. The molecule has 0 radical (unpaired) electrons. The lowest BCUT2D eigenvalue weighted by Crippen LogP contribution is -2.42. The molecule has 0 bridgehead atoms. The maximum Gasteiger partial charge on any atom is 0.193 e. The summed E-state index contributed by atoms with van der Waals surface area (Å²) in [7, 11) is 1.87.